The lowest BCUT2D eigenvalue weighted by atomic mass is 10.2. The van der Waals surface area contributed by atoms with Crippen molar-refractivity contribution in [1.82, 2.24) is 14.9 Å². The Morgan fingerprint density at radius 1 is 1.42 bits per heavy atom. The van der Waals surface area contributed by atoms with E-state index in [1.54, 1.807) is 30.4 Å². The second-order valence-electron chi connectivity index (χ2n) is 4.07. The van der Waals surface area contributed by atoms with E-state index in [1.807, 2.05) is 18.2 Å². The summed E-state index contributed by atoms with van der Waals surface area (Å²) in [6, 6.07) is 7.25. The molecule has 0 radical (unpaired) electrons. The van der Waals surface area contributed by atoms with Gasteiger partial charge in [0.2, 0.25) is 0 Å². The molecule has 0 fully saturated rings. The molecule has 0 atom stereocenters. The zero-order valence-electron chi connectivity index (χ0n) is 10.4. The summed E-state index contributed by atoms with van der Waals surface area (Å²) in [7, 11) is 1.71. The standard InChI is InChI=1S/C13H13BrN4O/c1-18(8-10-4-2-3-5-16-10)13(19)11-6-9(14)7-17-12(11)15/h2-7H,8H2,1H3,(H2,15,17). The molecule has 0 saturated heterocycles. The van der Waals surface area contributed by atoms with Crippen LogP contribution in [0, 0.1) is 0 Å². The zero-order chi connectivity index (χ0) is 13.8. The molecule has 0 unspecified atom stereocenters. The molecule has 0 spiro atoms. The maximum absolute atomic E-state index is 12.3. The second-order valence-corrected chi connectivity index (χ2v) is 4.98. The smallest absolute Gasteiger partial charge is 0.257 e. The van der Waals surface area contributed by atoms with Gasteiger partial charge in [0.1, 0.15) is 5.82 Å². The van der Waals surface area contributed by atoms with Gasteiger partial charge in [-0.25, -0.2) is 4.98 Å². The van der Waals surface area contributed by atoms with Crippen LogP contribution in [0.3, 0.4) is 0 Å². The Labute approximate surface area is 119 Å². The molecule has 5 nitrogen and oxygen atoms in total. The Hall–Kier alpha value is -1.95. The molecule has 2 rings (SSSR count). The molecule has 0 saturated carbocycles. The topological polar surface area (TPSA) is 72.1 Å². The SMILES string of the molecule is CN(Cc1ccccn1)C(=O)c1cc(Br)cnc1N. The van der Waals surface area contributed by atoms with Crippen LogP contribution < -0.4 is 5.73 Å². The van der Waals surface area contributed by atoms with Gasteiger partial charge in [0.15, 0.2) is 0 Å². The first-order valence-electron chi connectivity index (χ1n) is 5.64. The molecule has 0 bridgehead atoms. The second kappa shape index (κ2) is 5.79. The first-order valence-corrected chi connectivity index (χ1v) is 6.43. The number of nitrogens with zero attached hydrogens (tertiary/aromatic N) is 3. The molecule has 2 aromatic rings. The summed E-state index contributed by atoms with van der Waals surface area (Å²) in [5, 5.41) is 0. The van der Waals surface area contributed by atoms with Gasteiger partial charge >= 0.3 is 0 Å². The predicted octanol–water partition coefficient (Wildman–Crippen LogP) is 2.09. The third kappa shape index (κ3) is 3.29. The number of pyridine rings is 2. The summed E-state index contributed by atoms with van der Waals surface area (Å²) in [6.07, 6.45) is 3.26. The lowest BCUT2D eigenvalue weighted by Crippen LogP contribution is -2.27. The molecular weight excluding hydrogens is 308 g/mol. The van der Waals surface area contributed by atoms with Gasteiger partial charge in [-0.05, 0) is 34.1 Å². The van der Waals surface area contributed by atoms with E-state index in [0.717, 1.165) is 10.2 Å². The third-order valence-electron chi connectivity index (χ3n) is 2.59. The predicted molar refractivity (Wildman–Crippen MR) is 76.4 cm³/mol. The van der Waals surface area contributed by atoms with Gasteiger partial charge in [0, 0.05) is 23.9 Å². The Bertz CT molecular complexity index is 588. The Balaban J connectivity index is 2.17. The van der Waals surface area contributed by atoms with Crippen molar-refractivity contribution in [3.8, 4) is 0 Å². The highest BCUT2D eigenvalue weighted by Crippen LogP contribution is 2.17. The van der Waals surface area contributed by atoms with Crippen molar-refractivity contribution in [1.29, 1.82) is 0 Å². The minimum Gasteiger partial charge on any atom is -0.383 e. The average molecular weight is 321 g/mol. The molecule has 0 aliphatic heterocycles. The summed E-state index contributed by atoms with van der Waals surface area (Å²) in [6.45, 7) is 0.422. The summed E-state index contributed by atoms with van der Waals surface area (Å²) >= 11 is 3.28. The number of anilines is 1. The van der Waals surface area contributed by atoms with Gasteiger partial charge in [0.05, 0.1) is 17.8 Å². The number of rotatable bonds is 3. The van der Waals surface area contributed by atoms with Crippen LogP contribution in [0.5, 0.6) is 0 Å². The number of hydrogen-bond donors (Lipinski definition) is 1. The largest absolute Gasteiger partial charge is 0.383 e. The van der Waals surface area contributed by atoms with Gasteiger partial charge in [-0.15, -0.1) is 0 Å². The summed E-state index contributed by atoms with van der Waals surface area (Å²) in [5.41, 5.74) is 6.93. The van der Waals surface area contributed by atoms with E-state index in [1.165, 1.54) is 0 Å². The molecule has 2 heterocycles. The molecule has 98 valence electrons. The van der Waals surface area contributed by atoms with Crippen LogP contribution >= 0.6 is 15.9 Å². The molecule has 6 heteroatoms. The Kier molecular flexibility index (Phi) is 4.11. The maximum atomic E-state index is 12.3. The van der Waals surface area contributed by atoms with Gasteiger partial charge in [-0.1, -0.05) is 6.07 Å². The quantitative estimate of drug-likeness (QED) is 0.940. The van der Waals surface area contributed by atoms with Crippen molar-refractivity contribution in [2.75, 3.05) is 12.8 Å². The lowest BCUT2D eigenvalue weighted by molar-refractivity contribution is 0.0784. The highest BCUT2D eigenvalue weighted by atomic mass is 79.9. The zero-order valence-corrected chi connectivity index (χ0v) is 12.0. The fourth-order valence-electron chi connectivity index (χ4n) is 1.63. The van der Waals surface area contributed by atoms with Crippen LogP contribution in [0.4, 0.5) is 5.82 Å². The number of hydrogen-bond acceptors (Lipinski definition) is 4. The van der Waals surface area contributed by atoms with Crippen molar-refractivity contribution in [2.24, 2.45) is 0 Å². The Morgan fingerprint density at radius 2 is 2.21 bits per heavy atom. The maximum Gasteiger partial charge on any atom is 0.257 e. The molecule has 1 amide bonds. The van der Waals surface area contributed by atoms with E-state index in [9.17, 15) is 4.79 Å². The van der Waals surface area contributed by atoms with Crippen LogP contribution in [-0.2, 0) is 6.54 Å². The summed E-state index contributed by atoms with van der Waals surface area (Å²) < 4.78 is 0.719. The van der Waals surface area contributed by atoms with Gasteiger partial charge in [0.25, 0.3) is 5.91 Å². The number of aromatic nitrogens is 2. The number of nitrogens with two attached hydrogens (primary N) is 1. The van der Waals surface area contributed by atoms with Crippen molar-refractivity contribution in [3.05, 3.63) is 52.4 Å². The van der Waals surface area contributed by atoms with E-state index in [-0.39, 0.29) is 11.7 Å². The third-order valence-corrected chi connectivity index (χ3v) is 3.02. The van der Waals surface area contributed by atoms with Gasteiger partial charge in [-0.3, -0.25) is 9.78 Å². The van der Waals surface area contributed by atoms with Gasteiger partial charge < -0.3 is 10.6 Å². The minimum absolute atomic E-state index is 0.183. The summed E-state index contributed by atoms with van der Waals surface area (Å²) in [5.74, 6) is 0.0398. The van der Waals surface area contributed by atoms with Crippen molar-refractivity contribution < 1.29 is 4.79 Å². The van der Waals surface area contributed by atoms with Crippen molar-refractivity contribution in [2.45, 2.75) is 6.54 Å². The highest BCUT2D eigenvalue weighted by molar-refractivity contribution is 9.10. The van der Waals surface area contributed by atoms with E-state index >= 15 is 0 Å². The monoisotopic (exact) mass is 320 g/mol. The number of carbonyl (C=O) groups excluding carboxylic acids is 1. The molecule has 2 N–H and O–H groups in total. The van der Waals surface area contributed by atoms with Crippen LogP contribution in [0.25, 0.3) is 0 Å². The number of carbonyl (C=O) groups is 1. The van der Waals surface area contributed by atoms with Crippen LogP contribution in [0.15, 0.2) is 41.1 Å². The lowest BCUT2D eigenvalue weighted by Gasteiger charge is -2.17. The number of nitrogen functional groups attached to an aromatic ring is 1. The molecule has 19 heavy (non-hydrogen) atoms. The molecule has 0 aromatic carbocycles. The minimum atomic E-state index is -0.183. The van der Waals surface area contributed by atoms with Crippen molar-refractivity contribution >= 4 is 27.7 Å². The van der Waals surface area contributed by atoms with E-state index in [2.05, 4.69) is 25.9 Å². The molecule has 2 aromatic heterocycles. The van der Waals surface area contributed by atoms with E-state index in [4.69, 9.17) is 5.73 Å². The fourth-order valence-corrected chi connectivity index (χ4v) is 1.96. The molecule has 0 aliphatic rings. The average Bonchev–Trinajstić information content (AvgIpc) is 2.42. The molecule has 0 aliphatic carbocycles. The fraction of sp³-hybridized carbons (Fsp3) is 0.154. The van der Waals surface area contributed by atoms with Crippen molar-refractivity contribution in [3.63, 3.8) is 0 Å². The summed E-state index contributed by atoms with van der Waals surface area (Å²) in [4.78, 5) is 22.0. The van der Waals surface area contributed by atoms with E-state index in [0.29, 0.717) is 12.1 Å². The van der Waals surface area contributed by atoms with E-state index < -0.39 is 0 Å². The van der Waals surface area contributed by atoms with Crippen LogP contribution in [0.2, 0.25) is 0 Å². The number of halogens is 1. The van der Waals surface area contributed by atoms with Crippen LogP contribution in [-0.4, -0.2) is 27.8 Å². The van der Waals surface area contributed by atoms with Crippen LogP contribution in [0.1, 0.15) is 16.1 Å². The van der Waals surface area contributed by atoms with Gasteiger partial charge in [-0.2, -0.15) is 0 Å². The first kappa shape index (κ1) is 13.5. The Morgan fingerprint density at radius 3 is 2.89 bits per heavy atom. The molecular formula is C13H13BrN4O. The normalized spacial score (nSPS) is 10.2. The number of amides is 1. The first-order chi connectivity index (χ1) is 9.08. The highest BCUT2D eigenvalue weighted by Gasteiger charge is 2.16.